The molecule has 0 spiro atoms. The second-order valence-electron chi connectivity index (χ2n) is 5.89. The predicted molar refractivity (Wildman–Crippen MR) is 87.6 cm³/mol. The lowest BCUT2D eigenvalue weighted by Gasteiger charge is -2.30. The standard InChI is InChI=1S/C18H19N5/c1-14-4-3-7-23(12-14)13-15-5-2-6-17(8-15)22-18(11-21)16(9-19)10-20/h2,5-6,8,14,22H,3-4,7,12-13H2,1H3. The minimum Gasteiger partial charge on any atom is -0.345 e. The van der Waals surface area contributed by atoms with Crippen molar-refractivity contribution in [2.75, 3.05) is 18.4 Å². The molecule has 5 nitrogen and oxygen atoms in total. The van der Waals surface area contributed by atoms with Gasteiger partial charge >= 0.3 is 0 Å². The molecule has 5 heteroatoms. The van der Waals surface area contributed by atoms with Crippen LogP contribution in [0.5, 0.6) is 0 Å². The molecule has 116 valence electrons. The van der Waals surface area contributed by atoms with Gasteiger partial charge in [0, 0.05) is 18.8 Å². The minimum absolute atomic E-state index is 0.0151. The number of hydrogen-bond acceptors (Lipinski definition) is 5. The minimum atomic E-state index is -0.206. The maximum absolute atomic E-state index is 9.10. The third-order valence-electron chi connectivity index (χ3n) is 3.93. The first kappa shape index (κ1) is 16.6. The molecule has 0 amide bonds. The van der Waals surface area contributed by atoms with E-state index in [0.29, 0.717) is 5.69 Å². The summed E-state index contributed by atoms with van der Waals surface area (Å²) in [6, 6.07) is 13.1. The van der Waals surface area contributed by atoms with E-state index in [9.17, 15) is 0 Å². The lowest BCUT2D eigenvalue weighted by atomic mass is 10.00. The first-order valence-electron chi connectivity index (χ1n) is 7.69. The molecule has 1 aliphatic rings. The number of allylic oxidation sites excluding steroid dienone is 2. The van der Waals surface area contributed by atoms with Gasteiger partial charge in [-0.1, -0.05) is 19.1 Å². The molecule has 0 radical (unpaired) electrons. The van der Waals surface area contributed by atoms with Crippen LogP contribution in [0, 0.1) is 39.9 Å². The summed E-state index contributed by atoms with van der Waals surface area (Å²) in [6.45, 7) is 5.36. The van der Waals surface area contributed by atoms with Gasteiger partial charge in [0.25, 0.3) is 0 Å². The molecule has 0 aliphatic carbocycles. The van der Waals surface area contributed by atoms with Gasteiger partial charge in [0.1, 0.15) is 23.9 Å². The number of benzene rings is 1. The van der Waals surface area contributed by atoms with Gasteiger partial charge in [0.2, 0.25) is 0 Å². The van der Waals surface area contributed by atoms with E-state index >= 15 is 0 Å². The van der Waals surface area contributed by atoms with Crippen LogP contribution in [0.4, 0.5) is 5.69 Å². The first-order valence-corrected chi connectivity index (χ1v) is 7.69. The number of hydrogen-bond donors (Lipinski definition) is 1. The lowest BCUT2D eigenvalue weighted by molar-refractivity contribution is 0.176. The number of rotatable bonds is 4. The molecule has 1 fully saturated rings. The van der Waals surface area contributed by atoms with Crippen molar-refractivity contribution in [2.24, 2.45) is 5.92 Å². The number of piperidine rings is 1. The van der Waals surface area contributed by atoms with Crippen LogP contribution in [-0.4, -0.2) is 18.0 Å². The van der Waals surface area contributed by atoms with E-state index in [1.54, 1.807) is 12.1 Å². The summed E-state index contributed by atoms with van der Waals surface area (Å²) in [6.07, 6.45) is 2.52. The third kappa shape index (κ3) is 4.58. The van der Waals surface area contributed by atoms with Crippen LogP contribution in [0.3, 0.4) is 0 Å². The van der Waals surface area contributed by atoms with Gasteiger partial charge in [-0.2, -0.15) is 15.8 Å². The predicted octanol–water partition coefficient (Wildman–Crippen LogP) is 3.16. The monoisotopic (exact) mass is 305 g/mol. The van der Waals surface area contributed by atoms with Crippen molar-refractivity contribution in [1.82, 2.24) is 4.90 Å². The number of nitrogens with zero attached hydrogens (tertiary/aromatic N) is 4. The Morgan fingerprint density at radius 1 is 1.26 bits per heavy atom. The fraction of sp³-hybridized carbons (Fsp3) is 0.389. The van der Waals surface area contributed by atoms with E-state index in [-0.39, 0.29) is 11.3 Å². The second-order valence-corrected chi connectivity index (χ2v) is 5.89. The highest BCUT2D eigenvalue weighted by molar-refractivity contribution is 5.58. The van der Waals surface area contributed by atoms with Crippen molar-refractivity contribution in [2.45, 2.75) is 26.3 Å². The number of nitrogens with one attached hydrogen (secondary N) is 1. The molecule has 2 rings (SSSR count). The van der Waals surface area contributed by atoms with Crippen molar-refractivity contribution in [3.8, 4) is 18.2 Å². The van der Waals surface area contributed by atoms with E-state index in [2.05, 4.69) is 23.2 Å². The van der Waals surface area contributed by atoms with E-state index < -0.39 is 0 Å². The smallest absolute Gasteiger partial charge is 0.163 e. The molecule has 0 saturated carbocycles. The van der Waals surface area contributed by atoms with Gasteiger partial charge < -0.3 is 5.32 Å². The summed E-state index contributed by atoms with van der Waals surface area (Å²) >= 11 is 0. The largest absolute Gasteiger partial charge is 0.345 e. The van der Waals surface area contributed by atoms with Crippen LogP contribution in [0.2, 0.25) is 0 Å². The van der Waals surface area contributed by atoms with Crippen LogP contribution < -0.4 is 5.32 Å². The highest BCUT2D eigenvalue weighted by atomic mass is 15.1. The van der Waals surface area contributed by atoms with Crippen LogP contribution >= 0.6 is 0 Å². The Labute approximate surface area is 137 Å². The molecule has 1 heterocycles. The van der Waals surface area contributed by atoms with Gasteiger partial charge in [0.05, 0.1) is 0 Å². The third-order valence-corrected chi connectivity index (χ3v) is 3.93. The Hall–Kier alpha value is -2.81. The highest BCUT2D eigenvalue weighted by Crippen LogP contribution is 2.20. The van der Waals surface area contributed by atoms with Crippen LogP contribution in [0.1, 0.15) is 25.3 Å². The molecule has 1 atom stereocenters. The van der Waals surface area contributed by atoms with Crippen molar-refractivity contribution in [3.05, 3.63) is 41.1 Å². The zero-order valence-corrected chi connectivity index (χ0v) is 13.2. The summed E-state index contributed by atoms with van der Waals surface area (Å²) in [5, 5.41) is 29.7. The van der Waals surface area contributed by atoms with Crippen molar-refractivity contribution in [1.29, 1.82) is 15.8 Å². The van der Waals surface area contributed by atoms with Crippen molar-refractivity contribution < 1.29 is 0 Å². The molecule has 1 aromatic rings. The molecular formula is C18H19N5. The van der Waals surface area contributed by atoms with E-state index in [0.717, 1.165) is 31.1 Å². The Morgan fingerprint density at radius 2 is 2.04 bits per heavy atom. The molecular weight excluding hydrogens is 286 g/mol. The Morgan fingerprint density at radius 3 is 2.70 bits per heavy atom. The SMILES string of the molecule is CC1CCCN(Cc2cccc(NC(C#N)=C(C#N)C#N)c2)C1. The van der Waals surface area contributed by atoms with E-state index in [1.165, 1.54) is 12.8 Å². The van der Waals surface area contributed by atoms with E-state index in [4.69, 9.17) is 15.8 Å². The van der Waals surface area contributed by atoms with Gasteiger partial charge in [0.15, 0.2) is 5.57 Å². The normalized spacial score (nSPS) is 17.4. The van der Waals surface area contributed by atoms with Crippen molar-refractivity contribution >= 4 is 5.69 Å². The van der Waals surface area contributed by atoms with Crippen LogP contribution in [0.15, 0.2) is 35.5 Å². The van der Waals surface area contributed by atoms with Gasteiger partial charge in [-0.25, -0.2) is 0 Å². The average Bonchev–Trinajstić information content (AvgIpc) is 2.55. The van der Waals surface area contributed by atoms with Crippen molar-refractivity contribution in [3.63, 3.8) is 0 Å². The molecule has 0 bridgehead atoms. The topological polar surface area (TPSA) is 86.6 Å². The van der Waals surface area contributed by atoms with Gasteiger partial charge in [-0.05, 0) is 43.0 Å². The second kappa shape index (κ2) is 7.99. The Kier molecular flexibility index (Phi) is 5.75. The summed E-state index contributed by atoms with van der Waals surface area (Å²) in [5.41, 5.74) is 1.64. The molecule has 1 aliphatic heterocycles. The lowest BCUT2D eigenvalue weighted by Crippen LogP contribution is -2.33. The fourth-order valence-corrected chi connectivity index (χ4v) is 2.86. The van der Waals surface area contributed by atoms with Gasteiger partial charge in [-0.3, -0.25) is 4.90 Å². The number of nitriles is 3. The zero-order chi connectivity index (χ0) is 16.7. The summed E-state index contributed by atoms with van der Waals surface area (Å²) in [4.78, 5) is 2.43. The number of anilines is 1. The summed E-state index contributed by atoms with van der Waals surface area (Å²) in [7, 11) is 0. The Bertz CT molecular complexity index is 698. The first-order chi connectivity index (χ1) is 11.2. The molecule has 0 aromatic heterocycles. The Balaban J connectivity index is 2.11. The zero-order valence-electron chi connectivity index (χ0n) is 13.2. The maximum atomic E-state index is 9.10. The van der Waals surface area contributed by atoms with Crippen LogP contribution in [0.25, 0.3) is 0 Å². The fourth-order valence-electron chi connectivity index (χ4n) is 2.86. The van der Waals surface area contributed by atoms with E-state index in [1.807, 2.05) is 24.3 Å². The molecule has 1 saturated heterocycles. The average molecular weight is 305 g/mol. The highest BCUT2D eigenvalue weighted by Gasteiger charge is 2.16. The molecule has 1 N–H and O–H groups in total. The maximum Gasteiger partial charge on any atom is 0.163 e. The van der Waals surface area contributed by atoms with Gasteiger partial charge in [-0.15, -0.1) is 0 Å². The molecule has 1 aromatic carbocycles. The summed E-state index contributed by atoms with van der Waals surface area (Å²) in [5.74, 6) is 0.729. The molecule has 1 unspecified atom stereocenters. The summed E-state index contributed by atoms with van der Waals surface area (Å²) < 4.78 is 0. The van der Waals surface area contributed by atoms with Crippen LogP contribution in [-0.2, 0) is 6.54 Å². The molecule has 23 heavy (non-hydrogen) atoms. The number of likely N-dealkylation sites (tertiary alicyclic amines) is 1. The quantitative estimate of drug-likeness (QED) is 0.863.